The van der Waals surface area contributed by atoms with Gasteiger partial charge in [0.05, 0.1) is 0 Å². The maximum atomic E-state index is 12.2. The number of likely N-dealkylation sites (tertiary alicyclic amines) is 1. The van der Waals surface area contributed by atoms with Crippen LogP contribution in [0.2, 0.25) is 0 Å². The molecule has 0 atom stereocenters. The summed E-state index contributed by atoms with van der Waals surface area (Å²) in [6.07, 6.45) is 3.44. The number of carbonyl (C=O) groups excluding carboxylic acids is 1. The molecule has 1 fully saturated rings. The number of para-hydroxylation sites is 1. The number of nitrogens with zero attached hydrogens (tertiary/aromatic N) is 3. The zero-order chi connectivity index (χ0) is 15.9. The van der Waals surface area contributed by atoms with Crippen molar-refractivity contribution in [2.75, 3.05) is 25.0 Å². The Kier molecular flexibility index (Phi) is 5.03. The molecule has 1 amide bonds. The van der Waals surface area contributed by atoms with Gasteiger partial charge in [0, 0.05) is 25.3 Å². The molecule has 2 aromatic rings. The van der Waals surface area contributed by atoms with Gasteiger partial charge in [-0.1, -0.05) is 18.2 Å². The first kappa shape index (κ1) is 15.3. The Bertz CT molecular complexity index is 613. The minimum Gasteiger partial charge on any atom is -0.484 e. The highest BCUT2D eigenvalue weighted by molar-refractivity contribution is 5.77. The summed E-state index contributed by atoms with van der Waals surface area (Å²) in [7, 11) is 0. The van der Waals surface area contributed by atoms with E-state index in [4.69, 9.17) is 4.74 Å². The van der Waals surface area contributed by atoms with Crippen molar-refractivity contribution in [2.45, 2.75) is 18.9 Å². The molecule has 1 aromatic carbocycles. The van der Waals surface area contributed by atoms with E-state index in [0.717, 1.165) is 37.5 Å². The highest BCUT2D eigenvalue weighted by Gasteiger charge is 2.23. The number of nitrogens with one attached hydrogen (secondary N) is 1. The van der Waals surface area contributed by atoms with E-state index in [1.54, 1.807) is 6.20 Å². The fourth-order valence-electron chi connectivity index (χ4n) is 2.61. The zero-order valence-electron chi connectivity index (χ0n) is 12.9. The molecule has 1 aliphatic rings. The van der Waals surface area contributed by atoms with Crippen LogP contribution in [0.25, 0.3) is 0 Å². The summed E-state index contributed by atoms with van der Waals surface area (Å²) >= 11 is 0. The van der Waals surface area contributed by atoms with Gasteiger partial charge in [-0.05, 0) is 37.1 Å². The van der Waals surface area contributed by atoms with Crippen LogP contribution in [0, 0.1) is 0 Å². The molecule has 0 unspecified atom stereocenters. The summed E-state index contributed by atoms with van der Waals surface area (Å²) in [5.74, 6) is 1.54. The van der Waals surface area contributed by atoms with Crippen molar-refractivity contribution in [3.63, 3.8) is 0 Å². The number of amides is 1. The molecule has 6 heteroatoms. The largest absolute Gasteiger partial charge is 0.484 e. The molecule has 120 valence electrons. The molecule has 23 heavy (non-hydrogen) atoms. The molecule has 0 bridgehead atoms. The Balaban J connectivity index is 1.42. The normalized spacial score (nSPS) is 15.2. The summed E-state index contributed by atoms with van der Waals surface area (Å²) in [6.45, 7) is 1.55. The summed E-state index contributed by atoms with van der Waals surface area (Å²) in [5, 5.41) is 11.2. The number of benzene rings is 1. The molecule has 0 saturated carbocycles. The predicted molar refractivity (Wildman–Crippen MR) is 87.2 cm³/mol. The van der Waals surface area contributed by atoms with Gasteiger partial charge in [-0.2, -0.15) is 5.10 Å². The van der Waals surface area contributed by atoms with E-state index in [1.807, 2.05) is 47.4 Å². The van der Waals surface area contributed by atoms with E-state index in [9.17, 15) is 4.79 Å². The number of rotatable bonds is 5. The van der Waals surface area contributed by atoms with Gasteiger partial charge in [-0.15, -0.1) is 5.10 Å². The molecule has 1 N–H and O–H groups in total. The first-order valence-electron chi connectivity index (χ1n) is 7.81. The van der Waals surface area contributed by atoms with Gasteiger partial charge in [0.1, 0.15) is 11.6 Å². The van der Waals surface area contributed by atoms with Crippen LogP contribution in [0.1, 0.15) is 12.8 Å². The second-order valence-corrected chi connectivity index (χ2v) is 5.51. The van der Waals surface area contributed by atoms with Crippen molar-refractivity contribution < 1.29 is 9.53 Å². The average Bonchev–Trinajstić information content (AvgIpc) is 2.62. The standard InChI is InChI=1S/C17H20N4O2/c22-17(13-23-15-5-2-1-3-6-15)21-11-8-14(9-12-21)19-16-7-4-10-18-20-16/h1-7,10,14H,8-9,11-13H2,(H,19,20). The smallest absolute Gasteiger partial charge is 0.260 e. The van der Waals surface area contributed by atoms with Crippen LogP contribution >= 0.6 is 0 Å². The maximum absolute atomic E-state index is 12.2. The van der Waals surface area contributed by atoms with Gasteiger partial charge < -0.3 is 15.0 Å². The lowest BCUT2D eigenvalue weighted by atomic mass is 10.1. The molecule has 6 nitrogen and oxygen atoms in total. The van der Waals surface area contributed by atoms with Crippen LogP contribution in [0.15, 0.2) is 48.7 Å². The summed E-state index contributed by atoms with van der Waals surface area (Å²) in [5.41, 5.74) is 0. The van der Waals surface area contributed by atoms with Crippen molar-refractivity contribution in [3.8, 4) is 5.75 Å². The number of anilines is 1. The fraction of sp³-hybridized carbons (Fsp3) is 0.353. The van der Waals surface area contributed by atoms with Crippen molar-refractivity contribution in [1.82, 2.24) is 15.1 Å². The minimum absolute atomic E-state index is 0.0341. The van der Waals surface area contributed by atoms with Crippen LogP contribution < -0.4 is 10.1 Å². The van der Waals surface area contributed by atoms with Gasteiger partial charge >= 0.3 is 0 Å². The zero-order valence-corrected chi connectivity index (χ0v) is 12.9. The van der Waals surface area contributed by atoms with Gasteiger partial charge in [-0.3, -0.25) is 4.79 Å². The summed E-state index contributed by atoms with van der Waals surface area (Å²) < 4.78 is 5.52. The van der Waals surface area contributed by atoms with Gasteiger partial charge in [-0.25, -0.2) is 0 Å². The average molecular weight is 312 g/mol. The van der Waals surface area contributed by atoms with E-state index in [2.05, 4.69) is 15.5 Å². The van der Waals surface area contributed by atoms with Crippen LogP contribution in [-0.2, 0) is 4.79 Å². The molecule has 1 aromatic heterocycles. The second kappa shape index (κ2) is 7.58. The molecule has 3 rings (SSSR count). The Morgan fingerprint density at radius 3 is 2.65 bits per heavy atom. The van der Waals surface area contributed by atoms with Gasteiger partial charge in [0.2, 0.25) is 0 Å². The van der Waals surface area contributed by atoms with E-state index in [0.29, 0.717) is 6.04 Å². The van der Waals surface area contributed by atoms with E-state index in [1.165, 1.54) is 0 Å². The number of hydrogen-bond acceptors (Lipinski definition) is 5. The molecule has 1 aliphatic heterocycles. The fourth-order valence-corrected chi connectivity index (χ4v) is 2.61. The quantitative estimate of drug-likeness (QED) is 0.914. The molecule has 0 spiro atoms. The number of ether oxygens (including phenoxy) is 1. The molecule has 2 heterocycles. The van der Waals surface area contributed by atoms with E-state index in [-0.39, 0.29) is 12.5 Å². The Hall–Kier alpha value is -2.63. The summed E-state index contributed by atoms with van der Waals surface area (Å²) in [6, 6.07) is 13.5. The number of aromatic nitrogens is 2. The van der Waals surface area contributed by atoms with Crippen LogP contribution in [0.5, 0.6) is 5.75 Å². The third-order valence-corrected chi connectivity index (χ3v) is 3.88. The Labute approximate surface area is 135 Å². The summed E-state index contributed by atoms with van der Waals surface area (Å²) in [4.78, 5) is 14.1. The Morgan fingerprint density at radius 1 is 1.17 bits per heavy atom. The van der Waals surface area contributed by atoms with E-state index < -0.39 is 0 Å². The van der Waals surface area contributed by atoms with Gasteiger partial charge in [0.15, 0.2) is 6.61 Å². The molecular formula is C17H20N4O2. The number of carbonyl (C=O) groups is 1. The first-order valence-corrected chi connectivity index (χ1v) is 7.81. The molecule has 1 saturated heterocycles. The van der Waals surface area contributed by atoms with Crippen LogP contribution in [0.3, 0.4) is 0 Å². The lowest BCUT2D eigenvalue weighted by Crippen LogP contribution is -2.44. The lowest BCUT2D eigenvalue weighted by Gasteiger charge is -2.32. The second-order valence-electron chi connectivity index (χ2n) is 5.51. The lowest BCUT2D eigenvalue weighted by molar-refractivity contribution is -0.134. The van der Waals surface area contributed by atoms with Crippen LogP contribution in [-0.4, -0.2) is 46.7 Å². The molecular weight excluding hydrogens is 292 g/mol. The third-order valence-electron chi connectivity index (χ3n) is 3.88. The maximum Gasteiger partial charge on any atom is 0.260 e. The highest BCUT2D eigenvalue weighted by atomic mass is 16.5. The van der Waals surface area contributed by atoms with Crippen LogP contribution in [0.4, 0.5) is 5.82 Å². The van der Waals surface area contributed by atoms with Crippen molar-refractivity contribution >= 4 is 11.7 Å². The third kappa shape index (κ3) is 4.42. The molecule has 0 radical (unpaired) electrons. The monoisotopic (exact) mass is 312 g/mol. The van der Waals surface area contributed by atoms with Crippen molar-refractivity contribution in [1.29, 1.82) is 0 Å². The molecule has 0 aliphatic carbocycles. The minimum atomic E-state index is 0.0341. The first-order chi connectivity index (χ1) is 11.3. The SMILES string of the molecule is O=C(COc1ccccc1)N1CCC(Nc2cccnn2)CC1. The number of hydrogen-bond donors (Lipinski definition) is 1. The Morgan fingerprint density at radius 2 is 1.96 bits per heavy atom. The van der Waals surface area contributed by atoms with Gasteiger partial charge in [0.25, 0.3) is 5.91 Å². The predicted octanol–water partition coefficient (Wildman–Crippen LogP) is 1.96. The van der Waals surface area contributed by atoms with E-state index >= 15 is 0 Å². The topological polar surface area (TPSA) is 67.3 Å². The highest BCUT2D eigenvalue weighted by Crippen LogP contribution is 2.15. The van der Waals surface area contributed by atoms with Crippen molar-refractivity contribution in [2.24, 2.45) is 0 Å². The number of piperidine rings is 1. The van der Waals surface area contributed by atoms with Crippen molar-refractivity contribution in [3.05, 3.63) is 48.7 Å².